The Morgan fingerprint density at radius 1 is 1.25 bits per heavy atom. The maximum atomic E-state index is 15.0. The van der Waals surface area contributed by atoms with E-state index in [1.807, 2.05) is 12.1 Å². The Morgan fingerprint density at radius 3 is 2.77 bits per heavy atom. The van der Waals surface area contributed by atoms with E-state index < -0.39 is 27.6 Å². The van der Waals surface area contributed by atoms with Crippen LogP contribution in [0, 0.1) is 12.7 Å². The lowest BCUT2D eigenvalue weighted by atomic mass is 9.97. The van der Waals surface area contributed by atoms with Crippen molar-refractivity contribution in [3.8, 4) is 11.3 Å². The fourth-order valence-corrected chi connectivity index (χ4v) is 7.29. The number of aryl methyl sites for hydroxylation is 1. The lowest BCUT2D eigenvalue weighted by molar-refractivity contribution is 0.0157. The van der Waals surface area contributed by atoms with Crippen molar-refractivity contribution in [3.63, 3.8) is 0 Å². The van der Waals surface area contributed by atoms with Crippen molar-refractivity contribution in [2.45, 2.75) is 70.6 Å². The predicted molar refractivity (Wildman–Crippen MR) is 166 cm³/mol. The zero-order valence-electron chi connectivity index (χ0n) is 24.6. The summed E-state index contributed by atoms with van der Waals surface area (Å²) in [6, 6.07) is 11.0. The quantitative estimate of drug-likeness (QED) is 0.193. The van der Waals surface area contributed by atoms with Gasteiger partial charge in [-0.15, -0.1) is 0 Å². The van der Waals surface area contributed by atoms with Crippen LogP contribution in [0.3, 0.4) is 0 Å². The number of aromatic nitrogens is 2. The van der Waals surface area contributed by atoms with Crippen LogP contribution in [0.2, 0.25) is 0 Å². The molecule has 1 saturated heterocycles. The minimum Gasteiger partial charge on any atom is -0.373 e. The first kappa shape index (κ1) is 30.6. The van der Waals surface area contributed by atoms with Crippen molar-refractivity contribution in [1.29, 1.82) is 0 Å². The first-order valence-electron chi connectivity index (χ1n) is 14.9. The number of halogens is 1. The van der Waals surface area contributed by atoms with Gasteiger partial charge in [0.1, 0.15) is 17.0 Å². The van der Waals surface area contributed by atoms with Crippen LogP contribution in [-0.4, -0.2) is 60.0 Å². The number of amides is 1. The molecule has 0 radical (unpaired) electrons. The molecule has 2 aliphatic rings. The molecule has 2 aromatic carbocycles. The molecule has 4 aromatic rings. The molecule has 3 heterocycles. The van der Waals surface area contributed by atoms with Crippen molar-refractivity contribution >= 4 is 42.7 Å². The fourth-order valence-electron chi connectivity index (χ4n) is 5.81. The van der Waals surface area contributed by atoms with E-state index in [1.54, 1.807) is 6.07 Å². The van der Waals surface area contributed by atoms with Gasteiger partial charge in [0.2, 0.25) is 0 Å². The molecule has 1 aliphatic carbocycles. The maximum absolute atomic E-state index is 15.0. The second-order valence-corrected chi connectivity index (χ2v) is 14.1. The number of carbonyl (C=O) groups is 1. The van der Waals surface area contributed by atoms with E-state index in [4.69, 9.17) is 13.8 Å². The van der Waals surface area contributed by atoms with Crippen LogP contribution < -0.4 is 10.2 Å². The number of benzene rings is 2. The molecule has 2 fully saturated rings. The summed E-state index contributed by atoms with van der Waals surface area (Å²) >= 11 is 1.32. The van der Waals surface area contributed by atoms with E-state index in [-0.39, 0.29) is 29.8 Å². The molecular formula is C31H35FN4O6S2. The molecule has 2 aromatic heterocycles. The van der Waals surface area contributed by atoms with E-state index in [1.165, 1.54) is 11.3 Å². The summed E-state index contributed by atoms with van der Waals surface area (Å²) in [4.78, 5) is 19.3. The smallest absolute Gasteiger partial charge is 0.266 e. The number of carbonyl (C=O) groups excluding carboxylic acids is 1. The molecule has 0 spiro atoms. The van der Waals surface area contributed by atoms with Crippen LogP contribution in [-0.2, 0) is 21.5 Å². The Labute approximate surface area is 259 Å². The Balaban J connectivity index is 1.14. The van der Waals surface area contributed by atoms with Gasteiger partial charge in [0.15, 0.2) is 10.9 Å². The Bertz CT molecular complexity index is 1780. The number of ether oxygens (including phenoxy) is 1. The van der Waals surface area contributed by atoms with Gasteiger partial charge in [0.05, 0.1) is 23.2 Å². The number of nitrogens with one attached hydrogen (secondary N) is 1. The summed E-state index contributed by atoms with van der Waals surface area (Å²) in [5.74, 6) is -0.527. The molecule has 13 heteroatoms. The van der Waals surface area contributed by atoms with E-state index in [0.29, 0.717) is 28.9 Å². The van der Waals surface area contributed by atoms with Crippen LogP contribution in [0.1, 0.15) is 72.2 Å². The van der Waals surface area contributed by atoms with Crippen molar-refractivity contribution in [1.82, 2.24) is 15.5 Å². The van der Waals surface area contributed by atoms with Crippen molar-refractivity contribution in [2.75, 3.05) is 23.7 Å². The van der Waals surface area contributed by atoms with Gasteiger partial charge in [-0.3, -0.25) is 9.35 Å². The molecule has 2 atom stereocenters. The molecule has 1 aliphatic heterocycles. The Hall–Kier alpha value is -3.39. The largest absolute Gasteiger partial charge is 0.373 e. The first-order chi connectivity index (χ1) is 21.1. The highest BCUT2D eigenvalue weighted by molar-refractivity contribution is 7.85. The molecule has 6 rings (SSSR count). The zero-order valence-corrected chi connectivity index (χ0v) is 26.2. The average molecular weight is 643 g/mol. The number of fused-ring (bicyclic) bond motifs is 1. The third-order valence-corrected chi connectivity index (χ3v) is 10.1. The highest BCUT2D eigenvalue weighted by atomic mass is 32.2. The summed E-state index contributed by atoms with van der Waals surface area (Å²) < 4.78 is 58.7. The summed E-state index contributed by atoms with van der Waals surface area (Å²) in [6.07, 6.45) is 4.67. The third kappa shape index (κ3) is 6.65. The van der Waals surface area contributed by atoms with Gasteiger partial charge in [-0.25, -0.2) is 9.37 Å². The van der Waals surface area contributed by atoms with Crippen LogP contribution >= 0.6 is 11.3 Å². The van der Waals surface area contributed by atoms with Crippen LogP contribution in [0.4, 0.5) is 9.52 Å². The van der Waals surface area contributed by atoms with E-state index in [9.17, 15) is 13.2 Å². The summed E-state index contributed by atoms with van der Waals surface area (Å²) in [7, 11) is -4.22. The van der Waals surface area contributed by atoms with Crippen molar-refractivity contribution in [3.05, 3.63) is 64.7 Å². The Morgan fingerprint density at radius 2 is 2.05 bits per heavy atom. The van der Waals surface area contributed by atoms with Gasteiger partial charge in [0, 0.05) is 41.7 Å². The van der Waals surface area contributed by atoms with Crippen LogP contribution in [0.5, 0.6) is 0 Å². The number of hydrogen-bond donors (Lipinski definition) is 2. The first-order valence-corrected chi connectivity index (χ1v) is 17.3. The molecule has 1 amide bonds. The summed E-state index contributed by atoms with van der Waals surface area (Å²) in [6.45, 7) is 5.03. The highest BCUT2D eigenvalue weighted by Crippen LogP contribution is 2.45. The molecule has 234 valence electrons. The number of nitrogens with zero attached hydrogens (tertiary/aromatic N) is 3. The number of piperidine rings is 1. The fraction of sp³-hybridized carbons (Fsp3) is 0.452. The standard InChI is InChI=1S/C31H35FN4O6S2/c1-3-21-16-22(41-17-24-27(23-7-5-4-6-18(23)2)35-42-29(24)19-8-9-19)10-12-36(21)31-34-28-25(32)14-20(15-26(28)43-31)30(37)33-11-13-44(38,39)40/h4-7,14-15,19,21-22H,3,8-13,16-17H2,1-2H3,(H,33,37)(H,38,39,40)/t21-,22+/m0/s1. The normalized spacial score (nSPS) is 19.0. The second kappa shape index (κ2) is 12.5. The third-order valence-electron chi connectivity index (χ3n) is 8.36. The molecule has 44 heavy (non-hydrogen) atoms. The zero-order chi connectivity index (χ0) is 31.0. The SMILES string of the molecule is CC[C@H]1C[C@H](OCc2c(-c3ccccc3C)noc2C2CC2)CCN1c1nc2c(F)cc(C(=O)NCCS(=O)(=O)O)cc2s1. The number of hydrogen-bond acceptors (Lipinski definition) is 9. The van der Waals surface area contributed by atoms with Gasteiger partial charge in [-0.05, 0) is 56.7 Å². The lowest BCUT2D eigenvalue weighted by Crippen LogP contribution is -2.44. The van der Waals surface area contributed by atoms with E-state index in [0.717, 1.165) is 66.3 Å². The summed E-state index contributed by atoms with van der Waals surface area (Å²) in [5, 5.41) is 7.54. The molecule has 0 unspecified atom stereocenters. The summed E-state index contributed by atoms with van der Waals surface area (Å²) in [5.41, 5.74) is 4.35. The van der Waals surface area contributed by atoms with Gasteiger partial charge >= 0.3 is 0 Å². The minimum absolute atomic E-state index is 0.0343. The van der Waals surface area contributed by atoms with Crippen molar-refractivity contribution < 1.29 is 31.4 Å². The molecular weight excluding hydrogens is 607 g/mol. The van der Waals surface area contributed by atoms with E-state index >= 15 is 4.39 Å². The Kier molecular flexibility index (Phi) is 8.73. The van der Waals surface area contributed by atoms with Gasteiger partial charge in [0.25, 0.3) is 16.0 Å². The number of thiazole rings is 1. The molecule has 10 nitrogen and oxygen atoms in total. The van der Waals surface area contributed by atoms with Crippen molar-refractivity contribution in [2.24, 2.45) is 0 Å². The highest BCUT2D eigenvalue weighted by Gasteiger charge is 2.35. The van der Waals surface area contributed by atoms with Crippen LogP contribution in [0.15, 0.2) is 40.9 Å². The predicted octanol–water partition coefficient (Wildman–Crippen LogP) is 5.86. The van der Waals surface area contributed by atoms with Gasteiger partial charge < -0.3 is 19.5 Å². The van der Waals surface area contributed by atoms with Crippen LogP contribution in [0.25, 0.3) is 21.5 Å². The molecule has 2 N–H and O–H groups in total. The molecule has 0 bridgehead atoms. The van der Waals surface area contributed by atoms with Gasteiger partial charge in [-0.2, -0.15) is 8.42 Å². The van der Waals surface area contributed by atoms with E-state index in [2.05, 4.69) is 46.3 Å². The average Bonchev–Trinajstić information content (AvgIpc) is 3.60. The van der Waals surface area contributed by atoms with Gasteiger partial charge in [-0.1, -0.05) is 47.7 Å². The second-order valence-electron chi connectivity index (χ2n) is 11.5. The molecule has 1 saturated carbocycles. The maximum Gasteiger partial charge on any atom is 0.266 e. The monoisotopic (exact) mass is 642 g/mol. The topological polar surface area (TPSA) is 135 Å². The number of anilines is 1. The number of rotatable bonds is 11. The minimum atomic E-state index is -4.22. The lowest BCUT2D eigenvalue weighted by Gasteiger charge is -2.39.